The first-order valence-corrected chi connectivity index (χ1v) is 10.2. The number of hydrogen-bond donors (Lipinski definition) is 1. The van der Waals surface area contributed by atoms with Crippen LogP contribution in [0.25, 0.3) is 0 Å². The first-order chi connectivity index (χ1) is 14.9. The Labute approximate surface area is 181 Å². The van der Waals surface area contributed by atoms with Crippen LogP contribution in [-0.2, 0) is 6.54 Å². The summed E-state index contributed by atoms with van der Waals surface area (Å²) in [7, 11) is 0. The van der Waals surface area contributed by atoms with Crippen molar-refractivity contribution in [2.75, 3.05) is 5.32 Å². The number of imide groups is 1. The molecule has 0 spiro atoms. The van der Waals surface area contributed by atoms with E-state index in [1.165, 1.54) is 6.07 Å². The highest BCUT2D eigenvalue weighted by Crippen LogP contribution is 2.32. The molecule has 3 aromatic rings. The van der Waals surface area contributed by atoms with Gasteiger partial charge in [-0.1, -0.05) is 48.2 Å². The Bertz CT molecular complexity index is 1130. The maximum absolute atomic E-state index is 12.7. The number of nitrogens with zero attached hydrogens (tertiary/aromatic N) is 1. The molecule has 0 saturated carbocycles. The Morgan fingerprint density at radius 2 is 1.45 bits per heavy atom. The molecule has 3 amide bonds. The van der Waals surface area contributed by atoms with Crippen molar-refractivity contribution in [3.63, 3.8) is 0 Å². The van der Waals surface area contributed by atoms with Gasteiger partial charge in [-0.2, -0.15) is 8.78 Å². The zero-order valence-electron chi connectivity index (χ0n) is 16.0. The quantitative estimate of drug-likeness (QED) is 0.432. The van der Waals surface area contributed by atoms with Crippen molar-refractivity contribution in [2.45, 2.75) is 17.2 Å². The normalized spacial score (nSPS) is 12.9. The fourth-order valence-electron chi connectivity index (χ4n) is 3.29. The van der Waals surface area contributed by atoms with Gasteiger partial charge in [0.2, 0.25) is 0 Å². The second kappa shape index (κ2) is 8.69. The molecule has 5 nitrogen and oxygen atoms in total. The summed E-state index contributed by atoms with van der Waals surface area (Å²) in [6.07, 6.45) is 0. The first-order valence-electron chi connectivity index (χ1n) is 9.33. The molecule has 1 heterocycles. The van der Waals surface area contributed by atoms with Crippen molar-refractivity contribution in [1.29, 1.82) is 0 Å². The van der Waals surface area contributed by atoms with Gasteiger partial charge in [0.1, 0.15) is 0 Å². The van der Waals surface area contributed by atoms with E-state index in [9.17, 15) is 23.2 Å². The molecule has 0 radical (unpaired) electrons. The number of hydrogen-bond acceptors (Lipinski definition) is 4. The van der Waals surface area contributed by atoms with Crippen molar-refractivity contribution in [3.05, 3.63) is 95.1 Å². The van der Waals surface area contributed by atoms with E-state index in [2.05, 4.69) is 5.32 Å². The minimum absolute atomic E-state index is 0.0854. The number of alkyl halides is 2. The van der Waals surface area contributed by atoms with Crippen molar-refractivity contribution >= 4 is 35.2 Å². The van der Waals surface area contributed by atoms with Crippen molar-refractivity contribution in [2.24, 2.45) is 0 Å². The zero-order chi connectivity index (χ0) is 22.0. The molecule has 8 heteroatoms. The molecule has 0 aliphatic carbocycles. The van der Waals surface area contributed by atoms with Crippen LogP contribution in [-0.4, -0.2) is 28.4 Å². The number of carbonyl (C=O) groups excluding carboxylic acids is 3. The number of nitrogens with one attached hydrogen (secondary N) is 1. The van der Waals surface area contributed by atoms with E-state index in [-0.39, 0.29) is 23.3 Å². The molecule has 1 N–H and O–H groups in total. The summed E-state index contributed by atoms with van der Waals surface area (Å²) in [5.74, 6) is -3.75. The lowest BCUT2D eigenvalue weighted by Gasteiger charge is -2.14. The molecule has 1 aliphatic heterocycles. The van der Waals surface area contributed by atoms with Crippen LogP contribution in [0.15, 0.2) is 77.7 Å². The minimum atomic E-state index is -2.60. The topological polar surface area (TPSA) is 66.5 Å². The average Bonchev–Trinajstić information content (AvgIpc) is 3.00. The van der Waals surface area contributed by atoms with Crippen LogP contribution < -0.4 is 5.32 Å². The van der Waals surface area contributed by atoms with Crippen molar-refractivity contribution in [3.8, 4) is 0 Å². The Morgan fingerprint density at radius 1 is 0.871 bits per heavy atom. The van der Waals surface area contributed by atoms with E-state index < -0.39 is 11.7 Å². The van der Waals surface area contributed by atoms with Crippen LogP contribution in [0.4, 0.5) is 14.5 Å². The third-order valence-electron chi connectivity index (χ3n) is 4.79. The molecule has 0 saturated heterocycles. The minimum Gasteiger partial charge on any atom is -0.321 e. The number of rotatable bonds is 6. The monoisotopic (exact) mass is 438 g/mol. The van der Waals surface area contributed by atoms with Crippen LogP contribution in [0.3, 0.4) is 0 Å². The lowest BCUT2D eigenvalue weighted by Crippen LogP contribution is -2.29. The highest BCUT2D eigenvalue weighted by Gasteiger charge is 2.34. The van der Waals surface area contributed by atoms with Crippen LogP contribution >= 0.6 is 11.8 Å². The van der Waals surface area contributed by atoms with Gasteiger partial charge in [-0.25, -0.2) is 0 Å². The fourth-order valence-corrected chi connectivity index (χ4v) is 3.89. The maximum Gasteiger partial charge on any atom is 0.288 e. The summed E-state index contributed by atoms with van der Waals surface area (Å²) in [5.41, 5.74) is 2.06. The maximum atomic E-state index is 12.7. The average molecular weight is 438 g/mol. The predicted molar refractivity (Wildman–Crippen MR) is 113 cm³/mol. The molecule has 0 fully saturated rings. The molecule has 0 bridgehead atoms. The number of carbonyl (C=O) groups is 3. The molecule has 156 valence electrons. The lowest BCUT2D eigenvalue weighted by atomic mass is 10.1. The Kier molecular flexibility index (Phi) is 5.81. The summed E-state index contributed by atoms with van der Waals surface area (Å²) < 4.78 is 25.4. The third-order valence-corrected chi connectivity index (χ3v) is 5.57. The summed E-state index contributed by atoms with van der Waals surface area (Å²) in [5, 5.41) is 2.64. The van der Waals surface area contributed by atoms with E-state index in [1.54, 1.807) is 66.7 Å². The molecular weight excluding hydrogens is 422 g/mol. The second-order valence-electron chi connectivity index (χ2n) is 6.77. The highest BCUT2D eigenvalue weighted by atomic mass is 32.2. The van der Waals surface area contributed by atoms with Crippen LogP contribution in [0.2, 0.25) is 0 Å². The standard InChI is InChI=1S/C23H16F2N2O3S/c24-23(25)31-19-8-4-3-7-18(19)26-20(28)15-11-9-14(10-12-15)13-27-21(29)16-5-1-2-6-17(16)22(27)30/h1-12,23H,13H2,(H,26,28). The number of amides is 3. The number of benzene rings is 3. The number of thioether (sulfide) groups is 1. The van der Waals surface area contributed by atoms with Gasteiger partial charge in [0, 0.05) is 10.5 Å². The summed E-state index contributed by atoms with van der Waals surface area (Å²) in [6, 6.07) is 19.4. The van der Waals surface area contributed by atoms with Gasteiger partial charge in [0.05, 0.1) is 23.4 Å². The number of para-hydroxylation sites is 1. The Balaban J connectivity index is 1.45. The molecule has 31 heavy (non-hydrogen) atoms. The number of fused-ring (bicyclic) bond motifs is 1. The van der Waals surface area contributed by atoms with Gasteiger partial charge in [-0.15, -0.1) is 0 Å². The zero-order valence-corrected chi connectivity index (χ0v) is 16.9. The third kappa shape index (κ3) is 4.34. The van der Waals surface area contributed by atoms with E-state index in [1.807, 2.05) is 0 Å². The molecule has 4 rings (SSSR count). The van der Waals surface area contributed by atoms with Crippen LogP contribution in [0, 0.1) is 0 Å². The molecule has 0 unspecified atom stereocenters. The molecule has 1 aliphatic rings. The Morgan fingerprint density at radius 3 is 2.06 bits per heavy atom. The number of anilines is 1. The molecule has 0 aromatic heterocycles. The first kappa shape index (κ1) is 20.7. The summed E-state index contributed by atoms with van der Waals surface area (Å²) in [4.78, 5) is 38.9. The van der Waals surface area contributed by atoms with Gasteiger partial charge < -0.3 is 5.32 Å². The smallest absolute Gasteiger partial charge is 0.288 e. The second-order valence-corrected chi connectivity index (χ2v) is 7.80. The van der Waals surface area contributed by atoms with Crippen LogP contribution in [0.5, 0.6) is 0 Å². The van der Waals surface area contributed by atoms with E-state index in [0.717, 1.165) is 4.90 Å². The van der Waals surface area contributed by atoms with Crippen molar-refractivity contribution in [1.82, 2.24) is 4.90 Å². The van der Waals surface area contributed by atoms with Gasteiger partial charge in [-0.05, 0) is 42.0 Å². The van der Waals surface area contributed by atoms with Gasteiger partial charge in [0.25, 0.3) is 23.5 Å². The van der Waals surface area contributed by atoms with Gasteiger partial charge in [-0.3, -0.25) is 19.3 Å². The molecule has 3 aromatic carbocycles. The van der Waals surface area contributed by atoms with E-state index >= 15 is 0 Å². The van der Waals surface area contributed by atoms with Crippen molar-refractivity contribution < 1.29 is 23.2 Å². The van der Waals surface area contributed by atoms with E-state index in [4.69, 9.17) is 0 Å². The van der Waals surface area contributed by atoms with Gasteiger partial charge in [0.15, 0.2) is 0 Å². The predicted octanol–water partition coefficient (Wildman–Crippen LogP) is 5.05. The summed E-state index contributed by atoms with van der Waals surface area (Å²) >= 11 is 0.360. The number of halogens is 2. The van der Waals surface area contributed by atoms with Crippen LogP contribution in [0.1, 0.15) is 36.6 Å². The fraction of sp³-hybridized carbons (Fsp3) is 0.0870. The SMILES string of the molecule is O=C(Nc1ccccc1SC(F)F)c1ccc(CN2C(=O)c3ccccc3C2=O)cc1. The Hall–Kier alpha value is -3.52. The molecular formula is C23H16F2N2O3S. The lowest BCUT2D eigenvalue weighted by molar-refractivity contribution is 0.0642. The summed E-state index contributed by atoms with van der Waals surface area (Å²) in [6.45, 7) is 0.0854. The highest BCUT2D eigenvalue weighted by molar-refractivity contribution is 7.99. The van der Waals surface area contributed by atoms with E-state index in [0.29, 0.717) is 39.7 Å². The largest absolute Gasteiger partial charge is 0.321 e. The molecule has 0 atom stereocenters. The van der Waals surface area contributed by atoms with Gasteiger partial charge >= 0.3 is 0 Å².